The zero-order chi connectivity index (χ0) is 12.9. The molecule has 0 unspecified atom stereocenters. The predicted molar refractivity (Wildman–Crippen MR) is 73.6 cm³/mol. The number of aromatic nitrogens is 1. The molecule has 0 spiro atoms. The number of H-pyrrole nitrogens is 1. The maximum atomic E-state index is 5.67. The van der Waals surface area contributed by atoms with Crippen LogP contribution in [0.4, 0.5) is 0 Å². The molecule has 102 valence electrons. The molecule has 4 heteroatoms. The summed E-state index contributed by atoms with van der Waals surface area (Å²) in [6, 6.07) is 8.07. The Balaban J connectivity index is 1.39. The van der Waals surface area contributed by atoms with Gasteiger partial charge in [-0.2, -0.15) is 0 Å². The fraction of sp³-hybridized carbons (Fsp3) is 0.467. The molecule has 2 heterocycles. The standard InChI is InChI=1S/C15H19NO3/c1-2-14(18-7-1)11-17-8-9-19-13-3-4-15-12(10-13)5-6-16-15/h3-6,10,14,16H,1-2,7-9,11H2/t14-/m1/s1. The lowest BCUT2D eigenvalue weighted by Gasteiger charge is -2.10. The van der Waals surface area contributed by atoms with Crippen molar-refractivity contribution in [1.82, 2.24) is 4.98 Å². The average Bonchev–Trinajstić information content (AvgIpc) is 3.08. The van der Waals surface area contributed by atoms with Gasteiger partial charge in [-0.1, -0.05) is 0 Å². The molecule has 3 rings (SSSR count). The lowest BCUT2D eigenvalue weighted by molar-refractivity contribution is 0.00854. The molecule has 1 fully saturated rings. The Morgan fingerprint density at radius 3 is 3.16 bits per heavy atom. The van der Waals surface area contributed by atoms with Crippen molar-refractivity contribution >= 4 is 10.9 Å². The fourth-order valence-electron chi connectivity index (χ4n) is 2.33. The molecule has 1 aliphatic rings. The smallest absolute Gasteiger partial charge is 0.120 e. The third kappa shape index (κ3) is 3.28. The topological polar surface area (TPSA) is 43.5 Å². The Kier molecular flexibility index (Phi) is 4.01. The highest BCUT2D eigenvalue weighted by atomic mass is 16.5. The van der Waals surface area contributed by atoms with Crippen LogP contribution in [0.25, 0.3) is 10.9 Å². The van der Waals surface area contributed by atoms with E-state index in [0.29, 0.717) is 19.8 Å². The van der Waals surface area contributed by atoms with Crippen molar-refractivity contribution in [2.75, 3.05) is 26.4 Å². The first-order valence-electron chi connectivity index (χ1n) is 6.81. The summed E-state index contributed by atoms with van der Waals surface area (Å²) in [5, 5.41) is 1.16. The van der Waals surface area contributed by atoms with Gasteiger partial charge in [-0.15, -0.1) is 0 Å². The van der Waals surface area contributed by atoms with Crippen LogP contribution >= 0.6 is 0 Å². The Morgan fingerprint density at radius 2 is 2.26 bits per heavy atom. The van der Waals surface area contributed by atoms with Crippen LogP contribution in [0.3, 0.4) is 0 Å². The number of nitrogens with one attached hydrogen (secondary N) is 1. The first-order valence-corrected chi connectivity index (χ1v) is 6.81. The van der Waals surface area contributed by atoms with Gasteiger partial charge in [0.05, 0.1) is 19.3 Å². The normalized spacial score (nSPS) is 19.1. The molecule has 1 N–H and O–H groups in total. The van der Waals surface area contributed by atoms with E-state index in [2.05, 4.69) is 4.98 Å². The molecular formula is C15H19NO3. The van der Waals surface area contributed by atoms with Crippen LogP contribution in [0.1, 0.15) is 12.8 Å². The van der Waals surface area contributed by atoms with Crippen LogP contribution < -0.4 is 4.74 Å². The second-order valence-corrected chi connectivity index (χ2v) is 4.79. The summed E-state index contributed by atoms with van der Waals surface area (Å²) >= 11 is 0. The Bertz CT molecular complexity index is 517. The van der Waals surface area contributed by atoms with Gasteiger partial charge in [0.25, 0.3) is 0 Å². The molecule has 1 aromatic heterocycles. The summed E-state index contributed by atoms with van der Waals surface area (Å²) in [6.45, 7) is 2.73. The number of benzene rings is 1. The molecule has 1 aliphatic heterocycles. The molecule has 0 saturated carbocycles. The first kappa shape index (κ1) is 12.5. The molecule has 4 nitrogen and oxygen atoms in total. The van der Waals surface area contributed by atoms with Crippen molar-refractivity contribution in [2.24, 2.45) is 0 Å². The summed E-state index contributed by atoms with van der Waals surface area (Å²) in [5.41, 5.74) is 1.13. The van der Waals surface area contributed by atoms with Gasteiger partial charge in [-0.3, -0.25) is 0 Å². The van der Waals surface area contributed by atoms with E-state index in [0.717, 1.165) is 36.1 Å². The van der Waals surface area contributed by atoms with E-state index in [1.54, 1.807) is 0 Å². The van der Waals surface area contributed by atoms with Crippen molar-refractivity contribution in [1.29, 1.82) is 0 Å². The summed E-state index contributed by atoms with van der Waals surface area (Å²) in [7, 11) is 0. The summed E-state index contributed by atoms with van der Waals surface area (Å²) in [6.07, 6.45) is 4.49. The molecule has 2 aromatic rings. The van der Waals surface area contributed by atoms with Crippen LogP contribution in [-0.4, -0.2) is 37.5 Å². The molecule has 19 heavy (non-hydrogen) atoms. The zero-order valence-corrected chi connectivity index (χ0v) is 10.9. The number of ether oxygens (including phenoxy) is 3. The molecule has 0 aliphatic carbocycles. The molecule has 1 saturated heterocycles. The Labute approximate surface area is 112 Å². The number of rotatable bonds is 6. The lowest BCUT2D eigenvalue weighted by atomic mass is 10.2. The molecule has 1 atom stereocenters. The third-order valence-electron chi connectivity index (χ3n) is 3.35. The molecule has 0 radical (unpaired) electrons. The van der Waals surface area contributed by atoms with E-state index in [1.165, 1.54) is 0 Å². The second-order valence-electron chi connectivity index (χ2n) is 4.79. The minimum absolute atomic E-state index is 0.288. The Morgan fingerprint density at radius 1 is 1.26 bits per heavy atom. The molecular weight excluding hydrogens is 242 g/mol. The SMILES string of the molecule is c1cc2cc(OCCOC[C@H]3CCCO3)ccc2[nH]1. The van der Waals surface area contributed by atoms with E-state index in [9.17, 15) is 0 Å². The van der Waals surface area contributed by atoms with E-state index >= 15 is 0 Å². The highest BCUT2D eigenvalue weighted by molar-refractivity contribution is 5.80. The zero-order valence-electron chi connectivity index (χ0n) is 10.9. The molecule has 0 bridgehead atoms. The lowest BCUT2D eigenvalue weighted by Crippen LogP contribution is -2.17. The van der Waals surface area contributed by atoms with Crippen molar-refractivity contribution < 1.29 is 14.2 Å². The van der Waals surface area contributed by atoms with Gasteiger partial charge in [-0.25, -0.2) is 0 Å². The van der Waals surface area contributed by atoms with E-state index in [-0.39, 0.29) is 6.10 Å². The van der Waals surface area contributed by atoms with Gasteiger partial charge in [0, 0.05) is 23.7 Å². The second kappa shape index (κ2) is 6.08. The molecule has 1 aromatic carbocycles. The fourth-order valence-corrected chi connectivity index (χ4v) is 2.33. The maximum absolute atomic E-state index is 5.67. The van der Waals surface area contributed by atoms with Crippen LogP contribution in [0.5, 0.6) is 5.75 Å². The summed E-state index contributed by atoms with van der Waals surface area (Å²) in [4.78, 5) is 3.16. The number of hydrogen-bond acceptors (Lipinski definition) is 3. The highest BCUT2D eigenvalue weighted by Crippen LogP contribution is 2.19. The minimum Gasteiger partial charge on any atom is -0.491 e. The highest BCUT2D eigenvalue weighted by Gasteiger charge is 2.14. The van der Waals surface area contributed by atoms with Crippen LogP contribution in [-0.2, 0) is 9.47 Å². The largest absolute Gasteiger partial charge is 0.491 e. The maximum Gasteiger partial charge on any atom is 0.120 e. The summed E-state index contributed by atoms with van der Waals surface area (Å²) < 4.78 is 16.7. The first-order chi connectivity index (χ1) is 9.42. The van der Waals surface area contributed by atoms with Gasteiger partial charge >= 0.3 is 0 Å². The van der Waals surface area contributed by atoms with Crippen molar-refractivity contribution in [2.45, 2.75) is 18.9 Å². The number of hydrogen-bond donors (Lipinski definition) is 1. The predicted octanol–water partition coefficient (Wildman–Crippen LogP) is 2.74. The third-order valence-corrected chi connectivity index (χ3v) is 3.35. The van der Waals surface area contributed by atoms with E-state index in [1.807, 2.05) is 30.5 Å². The monoisotopic (exact) mass is 261 g/mol. The van der Waals surface area contributed by atoms with Gasteiger partial charge in [0.1, 0.15) is 12.4 Å². The van der Waals surface area contributed by atoms with Crippen molar-refractivity contribution in [3.05, 3.63) is 30.5 Å². The quantitative estimate of drug-likeness (QED) is 0.813. The van der Waals surface area contributed by atoms with Gasteiger partial charge in [0.15, 0.2) is 0 Å². The average molecular weight is 261 g/mol. The minimum atomic E-state index is 0.288. The number of aromatic amines is 1. The summed E-state index contributed by atoms with van der Waals surface area (Å²) in [5.74, 6) is 0.882. The van der Waals surface area contributed by atoms with E-state index in [4.69, 9.17) is 14.2 Å². The van der Waals surface area contributed by atoms with Crippen LogP contribution in [0, 0.1) is 0 Å². The van der Waals surface area contributed by atoms with Gasteiger partial charge in [0.2, 0.25) is 0 Å². The van der Waals surface area contributed by atoms with E-state index < -0.39 is 0 Å². The number of fused-ring (bicyclic) bond motifs is 1. The van der Waals surface area contributed by atoms with Gasteiger partial charge in [-0.05, 0) is 37.1 Å². The van der Waals surface area contributed by atoms with Crippen LogP contribution in [0.15, 0.2) is 30.5 Å². The molecule has 0 amide bonds. The van der Waals surface area contributed by atoms with Crippen molar-refractivity contribution in [3.8, 4) is 5.75 Å². The Hall–Kier alpha value is -1.52. The van der Waals surface area contributed by atoms with Gasteiger partial charge < -0.3 is 19.2 Å². The van der Waals surface area contributed by atoms with Crippen LogP contribution in [0.2, 0.25) is 0 Å². The van der Waals surface area contributed by atoms with Crippen molar-refractivity contribution in [3.63, 3.8) is 0 Å².